The molecular weight excluding hydrogens is 228 g/mol. The topological polar surface area (TPSA) is 69.9 Å². The Hall–Kier alpha value is -2.56. The summed E-state index contributed by atoms with van der Waals surface area (Å²) in [6.45, 7) is 1.96. The molecule has 0 saturated carbocycles. The second kappa shape index (κ2) is 4.03. The van der Waals surface area contributed by atoms with Crippen LogP contribution in [0.2, 0.25) is 0 Å². The maximum absolute atomic E-state index is 5.53. The monoisotopic (exact) mass is 240 g/mol. The fourth-order valence-electron chi connectivity index (χ4n) is 1.89. The molecule has 0 saturated heterocycles. The summed E-state index contributed by atoms with van der Waals surface area (Å²) in [6, 6.07) is 9.68. The molecule has 0 unspecified atom stereocenters. The minimum absolute atomic E-state index is 0.314. The molecule has 0 fully saturated rings. The van der Waals surface area contributed by atoms with Gasteiger partial charge in [0.25, 0.3) is 0 Å². The van der Waals surface area contributed by atoms with Gasteiger partial charge >= 0.3 is 0 Å². The average molecular weight is 240 g/mol. The third-order valence-corrected chi connectivity index (χ3v) is 2.77. The van der Waals surface area contributed by atoms with Gasteiger partial charge in [-0.05, 0) is 19.1 Å². The number of rotatable bonds is 2. The lowest BCUT2D eigenvalue weighted by atomic mass is 10.1. The minimum atomic E-state index is 0.314. The number of nitrogens with zero attached hydrogens (tertiary/aromatic N) is 3. The highest BCUT2D eigenvalue weighted by molar-refractivity contribution is 5.64. The summed E-state index contributed by atoms with van der Waals surface area (Å²) >= 11 is 0. The highest BCUT2D eigenvalue weighted by atomic mass is 16.5. The fourth-order valence-corrected chi connectivity index (χ4v) is 1.89. The second-order valence-electron chi connectivity index (χ2n) is 4.01. The van der Waals surface area contributed by atoms with Crippen LogP contribution in [0.4, 0.5) is 5.88 Å². The van der Waals surface area contributed by atoms with Crippen LogP contribution in [0.25, 0.3) is 16.9 Å². The van der Waals surface area contributed by atoms with E-state index in [1.807, 2.05) is 42.0 Å². The molecule has 0 aliphatic carbocycles. The van der Waals surface area contributed by atoms with Gasteiger partial charge in [-0.1, -0.05) is 17.3 Å². The molecule has 0 radical (unpaired) electrons. The standard InChI is InChI=1S/C13H12N4O/c1-9-15-5-6-17(9)11-4-2-3-10(7-11)12-8-13(14)18-16-12/h2-8H,14H2,1H3. The number of hydrogen-bond acceptors (Lipinski definition) is 4. The van der Waals surface area contributed by atoms with Gasteiger partial charge in [0.15, 0.2) is 0 Å². The molecule has 2 N–H and O–H groups in total. The van der Waals surface area contributed by atoms with E-state index < -0.39 is 0 Å². The lowest BCUT2D eigenvalue weighted by Crippen LogP contribution is -1.95. The molecule has 2 aromatic heterocycles. The van der Waals surface area contributed by atoms with Crippen LogP contribution in [0.3, 0.4) is 0 Å². The van der Waals surface area contributed by atoms with Crippen molar-refractivity contribution in [1.29, 1.82) is 0 Å². The van der Waals surface area contributed by atoms with Gasteiger partial charge in [-0.15, -0.1) is 0 Å². The van der Waals surface area contributed by atoms with Gasteiger partial charge in [0, 0.05) is 29.7 Å². The van der Waals surface area contributed by atoms with E-state index in [1.54, 1.807) is 12.3 Å². The summed E-state index contributed by atoms with van der Waals surface area (Å²) in [4.78, 5) is 4.21. The molecule has 18 heavy (non-hydrogen) atoms. The molecule has 0 spiro atoms. The first-order valence-corrected chi connectivity index (χ1v) is 5.57. The first-order chi connectivity index (χ1) is 8.74. The summed E-state index contributed by atoms with van der Waals surface area (Å²) in [6.07, 6.45) is 3.70. The van der Waals surface area contributed by atoms with Crippen LogP contribution in [-0.2, 0) is 0 Å². The van der Waals surface area contributed by atoms with E-state index in [1.165, 1.54) is 0 Å². The Bertz CT molecular complexity index is 684. The summed E-state index contributed by atoms with van der Waals surface area (Å²) < 4.78 is 6.89. The molecule has 5 nitrogen and oxygen atoms in total. The first-order valence-electron chi connectivity index (χ1n) is 5.57. The van der Waals surface area contributed by atoms with Gasteiger partial charge in [0.2, 0.25) is 5.88 Å². The molecule has 3 aromatic rings. The van der Waals surface area contributed by atoms with Crippen molar-refractivity contribution in [1.82, 2.24) is 14.7 Å². The van der Waals surface area contributed by atoms with E-state index in [2.05, 4.69) is 10.1 Å². The molecule has 0 bridgehead atoms. The zero-order valence-electron chi connectivity index (χ0n) is 9.87. The Morgan fingerprint density at radius 2 is 2.17 bits per heavy atom. The van der Waals surface area contributed by atoms with Crippen LogP contribution in [0.5, 0.6) is 0 Å². The maximum Gasteiger partial charge on any atom is 0.222 e. The fraction of sp³-hybridized carbons (Fsp3) is 0.0769. The van der Waals surface area contributed by atoms with Gasteiger partial charge in [-0.2, -0.15) is 0 Å². The molecule has 0 aliphatic rings. The van der Waals surface area contributed by atoms with Crippen molar-refractivity contribution in [3.05, 3.63) is 48.5 Å². The molecule has 0 atom stereocenters. The SMILES string of the molecule is Cc1nccn1-c1cccc(-c2cc(N)on2)c1. The Morgan fingerprint density at radius 1 is 1.28 bits per heavy atom. The number of hydrogen-bond donors (Lipinski definition) is 1. The predicted molar refractivity (Wildman–Crippen MR) is 68.2 cm³/mol. The van der Waals surface area contributed by atoms with E-state index in [0.29, 0.717) is 5.88 Å². The smallest absolute Gasteiger partial charge is 0.222 e. The highest BCUT2D eigenvalue weighted by Crippen LogP contribution is 2.23. The van der Waals surface area contributed by atoms with Crippen molar-refractivity contribution in [2.45, 2.75) is 6.92 Å². The Kier molecular flexibility index (Phi) is 2.37. The van der Waals surface area contributed by atoms with Gasteiger partial charge < -0.3 is 14.8 Å². The zero-order chi connectivity index (χ0) is 12.5. The minimum Gasteiger partial charge on any atom is -0.368 e. The second-order valence-corrected chi connectivity index (χ2v) is 4.01. The normalized spacial score (nSPS) is 10.7. The van der Waals surface area contributed by atoms with Gasteiger partial charge in [0.05, 0.1) is 0 Å². The van der Waals surface area contributed by atoms with E-state index in [-0.39, 0.29) is 0 Å². The third kappa shape index (κ3) is 1.75. The van der Waals surface area contributed by atoms with Crippen LogP contribution in [0, 0.1) is 6.92 Å². The largest absolute Gasteiger partial charge is 0.368 e. The predicted octanol–water partition coefficient (Wildman–Crippen LogP) is 2.42. The molecule has 3 rings (SSSR count). The third-order valence-electron chi connectivity index (χ3n) is 2.77. The van der Waals surface area contributed by atoms with E-state index in [9.17, 15) is 0 Å². The number of aromatic nitrogens is 3. The summed E-state index contributed by atoms with van der Waals surface area (Å²) in [5, 5.41) is 3.91. The molecule has 1 aromatic carbocycles. The van der Waals surface area contributed by atoms with Crippen LogP contribution in [-0.4, -0.2) is 14.7 Å². The highest BCUT2D eigenvalue weighted by Gasteiger charge is 2.06. The van der Waals surface area contributed by atoms with Crippen LogP contribution in [0.1, 0.15) is 5.82 Å². The van der Waals surface area contributed by atoms with Crippen molar-refractivity contribution in [2.24, 2.45) is 0 Å². The average Bonchev–Trinajstić information content (AvgIpc) is 2.98. The Morgan fingerprint density at radius 3 is 2.83 bits per heavy atom. The maximum atomic E-state index is 5.53. The van der Waals surface area contributed by atoms with Crippen molar-refractivity contribution in [3.63, 3.8) is 0 Å². The number of imidazole rings is 1. The molecule has 5 heteroatoms. The van der Waals surface area contributed by atoms with Gasteiger partial charge in [-0.3, -0.25) is 0 Å². The van der Waals surface area contributed by atoms with Gasteiger partial charge in [0.1, 0.15) is 11.5 Å². The van der Waals surface area contributed by atoms with Crippen LogP contribution >= 0.6 is 0 Å². The van der Waals surface area contributed by atoms with Crippen LogP contribution < -0.4 is 5.73 Å². The van der Waals surface area contributed by atoms with Crippen molar-refractivity contribution in [2.75, 3.05) is 5.73 Å². The number of nitrogen functional groups attached to an aromatic ring is 1. The summed E-state index contributed by atoms with van der Waals surface area (Å²) in [7, 11) is 0. The lowest BCUT2D eigenvalue weighted by molar-refractivity contribution is 0.439. The number of aryl methyl sites for hydroxylation is 1. The summed E-state index contributed by atoms with van der Waals surface area (Å²) in [5.74, 6) is 1.25. The number of benzene rings is 1. The molecular formula is C13H12N4O. The van der Waals surface area contributed by atoms with E-state index >= 15 is 0 Å². The quantitative estimate of drug-likeness (QED) is 0.746. The van der Waals surface area contributed by atoms with Gasteiger partial charge in [-0.25, -0.2) is 4.98 Å². The zero-order valence-corrected chi connectivity index (χ0v) is 9.87. The number of nitrogens with two attached hydrogens (primary N) is 1. The van der Waals surface area contributed by atoms with Crippen molar-refractivity contribution >= 4 is 5.88 Å². The first kappa shape index (κ1) is 10.6. The van der Waals surface area contributed by atoms with E-state index in [4.69, 9.17) is 10.3 Å². The van der Waals surface area contributed by atoms with Crippen LogP contribution in [0.15, 0.2) is 47.2 Å². The van der Waals surface area contributed by atoms with Crippen molar-refractivity contribution in [3.8, 4) is 16.9 Å². The van der Waals surface area contributed by atoms with Crippen molar-refractivity contribution < 1.29 is 4.52 Å². The molecule has 0 amide bonds. The summed E-state index contributed by atoms with van der Waals surface area (Å²) in [5.41, 5.74) is 8.25. The Labute approximate surface area is 104 Å². The number of anilines is 1. The molecule has 0 aliphatic heterocycles. The molecule has 2 heterocycles. The Balaban J connectivity index is 2.07. The van der Waals surface area contributed by atoms with E-state index in [0.717, 1.165) is 22.8 Å². The molecule has 90 valence electrons. The lowest BCUT2D eigenvalue weighted by Gasteiger charge is -2.06.